The molecule has 108 valence electrons. The lowest BCUT2D eigenvalue weighted by Gasteiger charge is -2.06. The van der Waals surface area contributed by atoms with Gasteiger partial charge in [0.05, 0.1) is 17.1 Å². The number of hydrogen-bond acceptors (Lipinski definition) is 4. The van der Waals surface area contributed by atoms with Crippen LogP contribution in [0.25, 0.3) is 11.1 Å². The van der Waals surface area contributed by atoms with E-state index in [1.54, 1.807) is 24.3 Å². The van der Waals surface area contributed by atoms with Crippen LogP contribution in [-0.4, -0.2) is 22.6 Å². The molecule has 0 saturated heterocycles. The number of ether oxygens (including phenoxy) is 1. The number of non-ortho nitro benzene ring substituents is 1. The summed E-state index contributed by atoms with van der Waals surface area (Å²) in [6.45, 7) is 2.41. The topological polar surface area (TPSA) is 89.7 Å². The molecule has 0 unspecified atom stereocenters. The highest BCUT2D eigenvalue weighted by Crippen LogP contribution is 2.27. The van der Waals surface area contributed by atoms with Crippen LogP contribution < -0.4 is 4.74 Å². The molecule has 0 aliphatic heterocycles. The summed E-state index contributed by atoms with van der Waals surface area (Å²) in [6.07, 6.45) is 0. The van der Waals surface area contributed by atoms with E-state index in [2.05, 4.69) is 0 Å². The molecule has 0 spiro atoms. The van der Waals surface area contributed by atoms with Crippen molar-refractivity contribution in [3.63, 3.8) is 0 Å². The van der Waals surface area contributed by atoms with Crippen LogP contribution in [0.1, 0.15) is 17.3 Å². The van der Waals surface area contributed by atoms with E-state index >= 15 is 0 Å². The van der Waals surface area contributed by atoms with E-state index in [-0.39, 0.29) is 11.3 Å². The fourth-order valence-corrected chi connectivity index (χ4v) is 1.92. The molecule has 0 aliphatic carbocycles. The number of benzene rings is 2. The maximum Gasteiger partial charge on any atom is 0.335 e. The number of carboxylic acids is 1. The molecular formula is C15H13NO5. The first-order valence-corrected chi connectivity index (χ1v) is 6.27. The van der Waals surface area contributed by atoms with Gasteiger partial charge in [0.2, 0.25) is 0 Å². The first-order valence-electron chi connectivity index (χ1n) is 6.27. The van der Waals surface area contributed by atoms with Gasteiger partial charge in [0.25, 0.3) is 5.69 Å². The van der Waals surface area contributed by atoms with E-state index < -0.39 is 10.9 Å². The molecule has 0 bridgehead atoms. The summed E-state index contributed by atoms with van der Waals surface area (Å²) in [5.41, 5.74) is 0.793. The van der Waals surface area contributed by atoms with Gasteiger partial charge in [-0.1, -0.05) is 12.1 Å². The zero-order chi connectivity index (χ0) is 15.4. The van der Waals surface area contributed by atoms with Crippen LogP contribution in [0.3, 0.4) is 0 Å². The second-order valence-corrected chi connectivity index (χ2v) is 4.29. The van der Waals surface area contributed by atoms with Gasteiger partial charge >= 0.3 is 5.97 Å². The number of nitro benzene ring substituents is 1. The molecule has 0 saturated carbocycles. The Labute approximate surface area is 120 Å². The molecule has 1 N–H and O–H groups in total. The SMILES string of the molecule is CCOc1ccc(-c2cc(C(=O)O)cc([N+](=O)[O-])c2)cc1. The maximum atomic E-state index is 11.1. The van der Waals surface area contributed by atoms with Crippen molar-refractivity contribution < 1.29 is 19.6 Å². The Morgan fingerprint density at radius 3 is 2.38 bits per heavy atom. The van der Waals surface area contributed by atoms with E-state index in [0.29, 0.717) is 23.5 Å². The van der Waals surface area contributed by atoms with Crippen molar-refractivity contribution >= 4 is 11.7 Å². The summed E-state index contributed by atoms with van der Waals surface area (Å²) in [5.74, 6) is -0.518. The minimum atomic E-state index is -1.20. The quantitative estimate of drug-likeness (QED) is 0.672. The van der Waals surface area contributed by atoms with E-state index in [1.807, 2.05) is 6.92 Å². The third-order valence-corrected chi connectivity index (χ3v) is 2.87. The van der Waals surface area contributed by atoms with E-state index in [0.717, 1.165) is 6.07 Å². The summed E-state index contributed by atoms with van der Waals surface area (Å²) in [5, 5.41) is 19.9. The predicted molar refractivity (Wildman–Crippen MR) is 76.7 cm³/mol. The first-order chi connectivity index (χ1) is 10.0. The standard InChI is InChI=1S/C15H13NO5/c1-2-21-14-5-3-10(4-6-14)11-7-12(15(17)18)9-13(8-11)16(19)20/h3-9H,2H2,1H3,(H,17,18). The number of hydrogen-bond donors (Lipinski definition) is 1. The summed E-state index contributed by atoms with van der Waals surface area (Å²) in [4.78, 5) is 21.3. The summed E-state index contributed by atoms with van der Waals surface area (Å²) < 4.78 is 5.32. The molecule has 0 aromatic heterocycles. The van der Waals surface area contributed by atoms with Crippen molar-refractivity contribution in [1.82, 2.24) is 0 Å². The van der Waals surface area contributed by atoms with E-state index in [9.17, 15) is 14.9 Å². The van der Waals surface area contributed by atoms with E-state index in [1.165, 1.54) is 12.1 Å². The highest BCUT2D eigenvalue weighted by Gasteiger charge is 2.14. The molecule has 0 fully saturated rings. The summed E-state index contributed by atoms with van der Waals surface area (Å²) >= 11 is 0. The lowest BCUT2D eigenvalue weighted by molar-refractivity contribution is -0.384. The number of aromatic carboxylic acids is 1. The molecular weight excluding hydrogens is 274 g/mol. The summed E-state index contributed by atoms with van der Waals surface area (Å²) in [7, 11) is 0. The van der Waals surface area contributed by atoms with Gasteiger partial charge in [-0.05, 0) is 36.2 Å². The Morgan fingerprint density at radius 2 is 1.86 bits per heavy atom. The number of nitrogens with zero attached hydrogens (tertiary/aromatic N) is 1. The second-order valence-electron chi connectivity index (χ2n) is 4.29. The molecule has 0 atom stereocenters. The van der Waals surface area contributed by atoms with Crippen LogP contribution >= 0.6 is 0 Å². The van der Waals surface area contributed by atoms with Gasteiger partial charge in [0.1, 0.15) is 5.75 Å². The van der Waals surface area contributed by atoms with Gasteiger partial charge in [-0.25, -0.2) is 4.79 Å². The zero-order valence-electron chi connectivity index (χ0n) is 11.3. The number of carboxylic acid groups (broad SMARTS) is 1. The van der Waals surface area contributed by atoms with Crippen molar-refractivity contribution in [2.75, 3.05) is 6.61 Å². The van der Waals surface area contributed by atoms with Crippen LogP contribution in [0.15, 0.2) is 42.5 Å². The van der Waals surface area contributed by atoms with Gasteiger partial charge in [0.15, 0.2) is 0 Å². The normalized spacial score (nSPS) is 10.1. The van der Waals surface area contributed by atoms with Gasteiger partial charge in [-0.3, -0.25) is 10.1 Å². The Bertz CT molecular complexity index is 647. The van der Waals surface area contributed by atoms with Crippen LogP contribution in [0.5, 0.6) is 5.75 Å². The Kier molecular flexibility index (Phi) is 4.18. The zero-order valence-corrected chi connectivity index (χ0v) is 11.3. The van der Waals surface area contributed by atoms with Gasteiger partial charge in [-0.15, -0.1) is 0 Å². The monoisotopic (exact) mass is 287 g/mol. The molecule has 2 aromatic carbocycles. The fraction of sp³-hybridized carbons (Fsp3) is 0.133. The molecule has 0 radical (unpaired) electrons. The van der Waals surface area contributed by atoms with Crippen molar-refractivity contribution in [3.05, 3.63) is 58.1 Å². The van der Waals surface area contributed by atoms with Crippen molar-refractivity contribution in [1.29, 1.82) is 0 Å². The van der Waals surface area contributed by atoms with Gasteiger partial charge < -0.3 is 9.84 Å². The third kappa shape index (κ3) is 3.36. The smallest absolute Gasteiger partial charge is 0.335 e. The molecule has 0 amide bonds. The third-order valence-electron chi connectivity index (χ3n) is 2.87. The minimum Gasteiger partial charge on any atom is -0.494 e. The second kappa shape index (κ2) is 6.04. The number of nitro groups is 1. The highest BCUT2D eigenvalue weighted by molar-refractivity contribution is 5.90. The van der Waals surface area contributed by atoms with E-state index in [4.69, 9.17) is 9.84 Å². The van der Waals surface area contributed by atoms with Crippen LogP contribution in [-0.2, 0) is 0 Å². The molecule has 0 aliphatic rings. The Hall–Kier alpha value is -2.89. The maximum absolute atomic E-state index is 11.1. The van der Waals surface area contributed by atoms with Crippen molar-refractivity contribution in [3.8, 4) is 16.9 Å². The highest BCUT2D eigenvalue weighted by atomic mass is 16.6. The first kappa shape index (κ1) is 14.5. The lowest BCUT2D eigenvalue weighted by Crippen LogP contribution is -1.99. The molecule has 0 heterocycles. The molecule has 21 heavy (non-hydrogen) atoms. The average Bonchev–Trinajstić information content (AvgIpc) is 2.47. The average molecular weight is 287 g/mol. The number of rotatable bonds is 5. The van der Waals surface area contributed by atoms with Gasteiger partial charge in [-0.2, -0.15) is 0 Å². The minimum absolute atomic E-state index is 0.118. The Morgan fingerprint density at radius 1 is 1.19 bits per heavy atom. The lowest BCUT2D eigenvalue weighted by atomic mass is 10.0. The molecule has 2 rings (SSSR count). The fourth-order valence-electron chi connectivity index (χ4n) is 1.92. The van der Waals surface area contributed by atoms with Crippen LogP contribution in [0.2, 0.25) is 0 Å². The Balaban J connectivity index is 2.46. The van der Waals surface area contributed by atoms with Crippen LogP contribution in [0, 0.1) is 10.1 Å². The largest absolute Gasteiger partial charge is 0.494 e. The van der Waals surface area contributed by atoms with Crippen molar-refractivity contribution in [2.24, 2.45) is 0 Å². The predicted octanol–water partition coefficient (Wildman–Crippen LogP) is 3.36. The van der Waals surface area contributed by atoms with Crippen molar-refractivity contribution in [2.45, 2.75) is 6.92 Å². The van der Waals surface area contributed by atoms with Crippen LogP contribution in [0.4, 0.5) is 5.69 Å². The molecule has 6 heteroatoms. The number of carbonyl (C=O) groups is 1. The summed E-state index contributed by atoms with van der Waals surface area (Å²) in [6, 6.07) is 10.7. The van der Waals surface area contributed by atoms with Gasteiger partial charge in [0, 0.05) is 12.1 Å². The molecule has 6 nitrogen and oxygen atoms in total. The molecule has 2 aromatic rings.